The molecule has 0 aliphatic carbocycles. The molecule has 0 saturated carbocycles. The van der Waals surface area contributed by atoms with Gasteiger partial charge >= 0.3 is 6.03 Å². The van der Waals surface area contributed by atoms with E-state index in [0.717, 1.165) is 17.9 Å². The number of rotatable bonds is 5. The molecule has 0 unspecified atom stereocenters. The summed E-state index contributed by atoms with van der Waals surface area (Å²) in [6.45, 7) is 1.56. The third-order valence-electron chi connectivity index (χ3n) is 3.66. The number of urea groups is 1. The van der Waals surface area contributed by atoms with Crippen molar-refractivity contribution in [2.24, 2.45) is 0 Å². The second-order valence-corrected chi connectivity index (χ2v) is 6.27. The highest BCUT2D eigenvalue weighted by Gasteiger charge is 2.23. The lowest BCUT2D eigenvalue weighted by molar-refractivity contribution is 0.0716. The minimum absolute atomic E-state index is 0.0947. The monoisotopic (exact) mass is 332 g/mol. The first-order valence-corrected chi connectivity index (χ1v) is 8.55. The second kappa shape index (κ2) is 7.37. The van der Waals surface area contributed by atoms with Crippen LogP contribution in [-0.4, -0.2) is 43.8 Å². The van der Waals surface area contributed by atoms with Crippen molar-refractivity contribution in [3.8, 4) is 11.5 Å². The number of carbonyl (C=O) groups excluding carboxylic acids is 1. The Labute approximate surface area is 139 Å². The Bertz CT molecular complexity index is 645. The molecule has 0 bridgehead atoms. The average Bonchev–Trinajstić information content (AvgIpc) is 3.08. The number of para-hydroxylation sites is 2. The van der Waals surface area contributed by atoms with Crippen molar-refractivity contribution in [3.63, 3.8) is 0 Å². The fourth-order valence-electron chi connectivity index (χ4n) is 2.43. The van der Waals surface area contributed by atoms with Crippen LogP contribution in [0.5, 0.6) is 11.5 Å². The van der Waals surface area contributed by atoms with Gasteiger partial charge in [-0.05, 0) is 40.9 Å². The van der Waals surface area contributed by atoms with Crippen LogP contribution in [0.15, 0.2) is 41.1 Å². The number of likely N-dealkylation sites (N-methyl/N-ethyl adjacent to an activating group) is 1. The van der Waals surface area contributed by atoms with E-state index in [9.17, 15) is 4.79 Å². The van der Waals surface area contributed by atoms with Crippen molar-refractivity contribution < 1.29 is 14.3 Å². The highest BCUT2D eigenvalue weighted by molar-refractivity contribution is 7.07. The molecule has 1 aromatic heterocycles. The van der Waals surface area contributed by atoms with Crippen LogP contribution in [0, 0.1) is 0 Å². The Hall–Kier alpha value is -2.21. The fraction of sp³-hybridized carbons (Fsp3) is 0.353. The van der Waals surface area contributed by atoms with Gasteiger partial charge in [0.1, 0.15) is 6.61 Å². The van der Waals surface area contributed by atoms with Gasteiger partial charge < -0.3 is 19.7 Å². The van der Waals surface area contributed by atoms with Crippen molar-refractivity contribution in [1.82, 2.24) is 10.2 Å². The molecule has 0 spiro atoms. The predicted octanol–water partition coefficient (Wildman–Crippen LogP) is 2.77. The first-order valence-electron chi connectivity index (χ1n) is 7.61. The van der Waals surface area contributed by atoms with Gasteiger partial charge in [0.05, 0.1) is 6.54 Å². The van der Waals surface area contributed by atoms with Crippen molar-refractivity contribution in [2.75, 3.05) is 26.7 Å². The van der Waals surface area contributed by atoms with E-state index in [-0.39, 0.29) is 12.1 Å². The van der Waals surface area contributed by atoms with Crippen molar-refractivity contribution in [1.29, 1.82) is 0 Å². The van der Waals surface area contributed by atoms with Crippen LogP contribution in [0.2, 0.25) is 0 Å². The van der Waals surface area contributed by atoms with Crippen molar-refractivity contribution in [3.05, 3.63) is 46.7 Å². The maximum Gasteiger partial charge on any atom is 0.317 e. The fourth-order valence-corrected chi connectivity index (χ4v) is 3.13. The summed E-state index contributed by atoms with van der Waals surface area (Å²) in [5.41, 5.74) is 1.25. The molecule has 0 fully saturated rings. The molecule has 0 saturated heterocycles. The van der Waals surface area contributed by atoms with E-state index in [1.807, 2.05) is 29.6 Å². The minimum atomic E-state index is -0.155. The second-order valence-electron chi connectivity index (χ2n) is 5.49. The summed E-state index contributed by atoms with van der Waals surface area (Å²) in [4.78, 5) is 13.7. The number of fused-ring (bicyclic) bond motifs is 1. The van der Waals surface area contributed by atoms with Gasteiger partial charge in [0.15, 0.2) is 17.6 Å². The molecule has 1 atom stereocenters. The van der Waals surface area contributed by atoms with E-state index >= 15 is 0 Å². The molecule has 1 aliphatic rings. The largest absolute Gasteiger partial charge is 0.486 e. The zero-order chi connectivity index (χ0) is 16.1. The number of nitrogens with one attached hydrogen (secondary N) is 1. The third-order valence-corrected chi connectivity index (χ3v) is 4.39. The zero-order valence-electron chi connectivity index (χ0n) is 13.0. The minimum Gasteiger partial charge on any atom is -0.486 e. The molecule has 3 rings (SSSR count). The van der Waals surface area contributed by atoms with Gasteiger partial charge in [0, 0.05) is 13.6 Å². The Morgan fingerprint density at radius 3 is 2.96 bits per heavy atom. The number of thiophene rings is 1. The number of ether oxygens (including phenoxy) is 2. The molecular formula is C17H20N2O3S. The molecule has 1 aromatic carbocycles. The normalized spacial score (nSPS) is 16.0. The van der Waals surface area contributed by atoms with E-state index in [1.54, 1.807) is 23.3 Å². The molecule has 122 valence electrons. The summed E-state index contributed by atoms with van der Waals surface area (Å²) in [7, 11) is 1.77. The van der Waals surface area contributed by atoms with Crippen LogP contribution in [0.4, 0.5) is 4.79 Å². The summed E-state index contributed by atoms with van der Waals surface area (Å²) in [5, 5.41) is 7.07. The molecule has 2 aromatic rings. The van der Waals surface area contributed by atoms with Crippen LogP contribution in [0.25, 0.3) is 0 Å². The summed E-state index contributed by atoms with van der Waals surface area (Å²) in [6.07, 6.45) is 0.692. The predicted molar refractivity (Wildman–Crippen MR) is 90.4 cm³/mol. The van der Waals surface area contributed by atoms with Crippen LogP contribution in [-0.2, 0) is 6.42 Å². The third kappa shape index (κ3) is 4.16. The van der Waals surface area contributed by atoms with E-state index in [4.69, 9.17) is 9.47 Å². The summed E-state index contributed by atoms with van der Waals surface area (Å²) < 4.78 is 11.5. The number of benzene rings is 1. The van der Waals surface area contributed by atoms with E-state index in [1.165, 1.54) is 5.56 Å². The van der Waals surface area contributed by atoms with Crippen molar-refractivity contribution in [2.45, 2.75) is 12.5 Å². The Balaban J connectivity index is 1.43. The first-order chi connectivity index (χ1) is 11.2. The molecule has 2 heterocycles. The van der Waals surface area contributed by atoms with E-state index in [2.05, 4.69) is 16.8 Å². The van der Waals surface area contributed by atoms with Gasteiger partial charge in [-0.2, -0.15) is 11.3 Å². The Morgan fingerprint density at radius 1 is 1.35 bits per heavy atom. The van der Waals surface area contributed by atoms with Gasteiger partial charge in [0.2, 0.25) is 0 Å². The molecule has 23 heavy (non-hydrogen) atoms. The van der Waals surface area contributed by atoms with Gasteiger partial charge in [-0.15, -0.1) is 0 Å². The molecule has 2 amide bonds. The quantitative estimate of drug-likeness (QED) is 0.916. The number of hydrogen-bond acceptors (Lipinski definition) is 4. The Morgan fingerprint density at radius 2 is 2.17 bits per heavy atom. The van der Waals surface area contributed by atoms with Crippen LogP contribution < -0.4 is 14.8 Å². The Kier molecular flexibility index (Phi) is 5.02. The zero-order valence-corrected chi connectivity index (χ0v) is 13.8. The molecule has 0 radical (unpaired) electrons. The number of hydrogen-bond donors (Lipinski definition) is 1. The van der Waals surface area contributed by atoms with Crippen LogP contribution in [0.1, 0.15) is 5.56 Å². The average molecular weight is 332 g/mol. The van der Waals surface area contributed by atoms with Gasteiger partial charge in [-0.1, -0.05) is 12.1 Å². The smallest absolute Gasteiger partial charge is 0.317 e. The summed E-state index contributed by atoms with van der Waals surface area (Å²) in [6, 6.07) is 9.56. The number of nitrogens with zero attached hydrogens (tertiary/aromatic N) is 1. The molecule has 6 heteroatoms. The highest BCUT2D eigenvalue weighted by atomic mass is 32.1. The maximum absolute atomic E-state index is 12.1. The lowest BCUT2D eigenvalue weighted by atomic mass is 10.2. The highest BCUT2D eigenvalue weighted by Crippen LogP contribution is 2.30. The summed E-state index contributed by atoms with van der Waals surface area (Å²) >= 11 is 1.67. The maximum atomic E-state index is 12.1. The van der Waals surface area contributed by atoms with E-state index in [0.29, 0.717) is 19.7 Å². The topological polar surface area (TPSA) is 50.8 Å². The standard InChI is InChI=1S/C17H20N2O3S/c1-19(17(20)18-8-6-13-7-9-23-12-13)10-14-11-21-15-4-2-3-5-16(15)22-14/h2-5,7,9,12,14H,6,8,10-11H2,1H3,(H,18,20)/t14-/m1/s1. The van der Waals surface area contributed by atoms with Gasteiger partial charge in [0.25, 0.3) is 0 Å². The van der Waals surface area contributed by atoms with Gasteiger partial charge in [-0.25, -0.2) is 4.79 Å². The molecular weight excluding hydrogens is 312 g/mol. The SMILES string of the molecule is CN(C[C@@H]1COc2ccccc2O1)C(=O)NCCc1ccsc1. The van der Waals surface area contributed by atoms with Crippen molar-refractivity contribution >= 4 is 17.4 Å². The number of amides is 2. The summed E-state index contributed by atoms with van der Waals surface area (Å²) in [5.74, 6) is 1.49. The lowest BCUT2D eigenvalue weighted by Gasteiger charge is -2.29. The van der Waals surface area contributed by atoms with Gasteiger partial charge in [-0.3, -0.25) is 0 Å². The van der Waals surface area contributed by atoms with Crippen LogP contribution in [0.3, 0.4) is 0 Å². The lowest BCUT2D eigenvalue weighted by Crippen LogP contribution is -2.45. The first kappa shape index (κ1) is 15.7. The molecule has 1 aliphatic heterocycles. The van der Waals surface area contributed by atoms with Crippen LogP contribution >= 0.6 is 11.3 Å². The molecule has 5 nitrogen and oxygen atoms in total. The molecule has 1 N–H and O–H groups in total. The van der Waals surface area contributed by atoms with E-state index < -0.39 is 0 Å². The number of carbonyl (C=O) groups is 1.